The van der Waals surface area contributed by atoms with Crippen LogP contribution in [0.2, 0.25) is 28.7 Å². The quantitative estimate of drug-likeness (QED) is 0.630. The third-order valence-corrected chi connectivity index (χ3v) is 7.69. The van der Waals surface area contributed by atoms with Crippen LogP contribution < -0.4 is 4.43 Å². The first-order chi connectivity index (χ1) is 8.49. The minimum absolute atomic E-state index is 0.663. The van der Waals surface area contributed by atoms with Gasteiger partial charge in [-0.3, -0.25) is 0 Å². The van der Waals surface area contributed by atoms with Gasteiger partial charge in [-0.2, -0.15) is 0 Å². The van der Waals surface area contributed by atoms with Gasteiger partial charge in [0, 0.05) is 5.02 Å². The molecule has 0 atom stereocenters. The molecule has 1 fully saturated rings. The molecule has 0 spiro atoms. The molecule has 0 radical (unpaired) electrons. The highest BCUT2D eigenvalue weighted by Gasteiger charge is 2.36. The third kappa shape index (κ3) is 3.43. The van der Waals surface area contributed by atoms with E-state index in [9.17, 15) is 0 Å². The summed E-state index contributed by atoms with van der Waals surface area (Å²) in [6.45, 7) is 4.58. The Labute approximate surface area is 121 Å². The Morgan fingerprint density at radius 2 is 1.78 bits per heavy atom. The summed E-state index contributed by atoms with van der Waals surface area (Å²) in [5, 5.41) is 1.35. The maximum absolute atomic E-state index is 6.28. The summed E-state index contributed by atoms with van der Waals surface area (Å²) in [4.78, 5) is 0. The van der Waals surface area contributed by atoms with Crippen molar-refractivity contribution in [2.75, 3.05) is 0 Å². The second-order valence-electron chi connectivity index (χ2n) is 5.62. The highest BCUT2D eigenvalue weighted by molar-refractivity contribution is 6.73. The topological polar surface area (TPSA) is 9.23 Å². The summed E-state index contributed by atoms with van der Waals surface area (Å²) in [6, 6.07) is 5.44. The third-order valence-electron chi connectivity index (χ3n) is 3.85. The largest absolute Gasteiger partial charge is 0.543 e. The maximum Gasteiger partial charge on any atom is 0.248 e. The van der Waals surface area contributed by atoms with Gasteiger partial charge in [-0.15, -0.1) is 0 Å². The predicted molar refractivity (Wildman–Crippen MR) is 81.4 cm³/mol. The lowest BCUT2D eigenvalue weighted by molar-refractivity contribution is 0.440. The summed E-state index contributed by atoms with van der Waals surface area (Å²) < 4.78 is 6.28. The Hall–Kier alpha value is -0.183. The standard InChI is InChI=1S/C14H20Cl2OSi/c1-18(2,12-6-4-3-5-7-12)17-14-10-11(15)8-9-13(14)16/h8-10,12H,3-7H2,1-2H3. The van der Waals surface area contributed by atoms with Crippen LogP contribution in [0.3, 0.4) is 0 Å². The molecule has 0 unspecified atom stereocenters. The van der Waals surface area contributed by atoms with Gasteiger partial charge < -0.3 is 4.43 Å². The van der Waals surface area contributed by atoms with E-state index in [1.54, 1.807) is 6.07 Å². The molecule has 1 aliphatic carbocycles. The molecule has 0 aromatic heterocycles. The van der Waals surface area contributed by atoms with Crippen molar-refractivity contribution in [3.05, 3.63) is 28.2 Å². The molecule has 100 valence electrons. The summed E-state index contributed by atoms with van der Waals surface area (Å²) in [6.07, 6.45) is 6.66. The second kappa shape index (κ2) is 5.85. The molecule has 18 heavy (non-hydrogen) atoms. The van der Waals surface area contributed by atoms with E-state index in [2.05, 4.69) is 13.1 Å². The zero-order valence-corrected chi connectivity index (χ0v) is 13.5. The highest BCUT2D eigenvalue weighted by Crippen LogP contribution is 2.39. The number of benzene rings is 1. The molecule has 0 heterocycles. The molecule has 4 heteroatoms. The molecular weight excluding hydrogens is 283 g/mol. The van der Waals surface area contributed by atoms with Crippen LogP contribution in [0, 0.1) is 0 Å². The Kier molecular flexibility index (Phi) is 4.63. The van der Waals surface area contributed by atoms with Crippen molar-refractivity contribution in [3.63, 3.8) is 0 Å². The number of hydrogen-bond acceptors (Lipinski definition) is 1. The smallest absolute Gasteiger partial charge is 0.248 e. The Bertz CT molecular complexity index is 414. The van der Waals surface area contributed by atoms with E-state index in [1.807, 2.05) is 12.1 Å². The van der Waals surface area contributed by atoms with E-state index in [4.69, 9.17) is 27.6 Å². The van der Waals surface area contributed by atoms with Crippen molar-refractivity contribution in [3.8, 4) is 5.75 Å². The number of hydrogen-bond donors (Lipinski definition) is 0. The van der Waals surface area contributed by atoms with Crippen LogP contribution in [0.4, 0.5) is 0 Å². The van der Waals surface area contributed by atoms with Gasteiger partial charge in [0.05, 0.1) is 5.02 Å². The van der Waals surface area contributed by atoms with Crippen molar-refractivity contribution in [2.24, 2.45) is 0 Å². The average molecular weight is 303 g/mol. The Morgan fingerprint density at radius 3 is 2.44 bits per heavy atom. The first-order valence-corrected chi connectivity index (χ1v) is 10.4. The molecule has 1 aliphatic rings. The number of rotatable bonds is 3. The van der Waals surface area contributed by atoms with Crippen LogP contribution in [-0.4, -0.2) is 8.32 Å². The maximum atomic E-state index is 6.28. The zero-order valence-electron chi connectivity index (χ0n) is 11.0. The van der Waals surface area contributed by atoms with Crippen LogP contribution in [0.1, 0.15) is 32.1 Å². The lowest BCUT2D eigenvalue weighted by Crippen LogP contribution is -2.41. The van der Waals surface area contributed by atoms with E-state index in [-0.39, 0.29) is 0 Å². The van der Waals surface area contributed by atoms with E-state index in [0.717, 1.165) is 11.3 Å². The van der Waals surface area contributed by atoms with Crippen molar-refractivity contribution in [2.45, 2.75) is 50.7 Å². The summed E-state index contributed by atoms with van der Waals surface area (Å²) in [5.74, 6) is 0.756. The minimum Gasteiger partial charge on any atom is -0.543 e. The fraction of sp³-hybridized carbons (Fsp3) is 0.571. The van der Waals surface area contributed by atoms with E-state index in [1.165, 1.54) is 32.1 Å². The average Bonchev–Trinajstić information content (AvgIpc) is 2.35. The molecule has 1 aromatic carbocycles. The molecule has 1 saturated carbocycles. The molecule has 1 aromatic rings. The highest BCUT2D eigenvalue weighted by atomic mass is 35.5. The van der Waals surface area contributed by atoms with Gasteiger partial charge in [-0.25, -0.2) is 0 Å². The van der Waals surface area contributed by atoms with E-state index in [0.29, 0.717) is 10.0 Å². The van der Waals surface area contributed by atoms with E-state index >= 15 is 0 Å². The Balaban J connectivity index is 2.13. The van der Waals surface area contributed by atoms with Gasteiger partial charge in [0.15, 0.2) is 0 Å². The molecule has 2 rings (SSSR count). The SMILES string of the molecule is C[Si](C)(Oc1cc(Cl)ccc1Cl)C1CCCCC1. The molecule has 0 bridgehead atoms. The number of halogens is 2. The van der Waals surface area contributed by atoms with Crippen molar-refractivity contribution >= 4 is 31.5 Å². The summed E-state index contributed by atoms with van der Waals surface area (Å²) in [7, 11) is -1.74. The Morgan fingerprint density at radius 1 is 1.11 bits per heavy atom. The van der Waals surface area contributed by atoms with Crippen LogP contribution >= 0.6 is 23.2 Å². The van der Waals surface area contributed by atoms with Crippen molar-refractivity contribution in [1.29, 1.82) is 0 Å². The molecule has 1 nitrogen and oxygen atoms in total. The molecule has 0 N–H and O–H groups in total. The van der Waals surface area contributed by atoms with Crippen LogP contribution in [0.15, 0.2) is 18.2 Å². The van der Waals surface area contributed by atoms with Gasteiger partial charge >= 0.3 is 0 Å². The van der Waals surface area contributed by atoms with Crippen molar-refractivity contribution in [1.82, 2.24) is 0 Å². The van der Waals surface area contributed by atoms with E-state index < -0.39 is 8.32 Å². The van der Waals surface area contributed by atoms with Gasteiger partial charge in [0.2, 0.25) is 8.32 Å². The summed E-state index contributed by atoms with van der Waals surface area (Å²) >= 11 is 12.2. The fourth-order valence-electron chi connectivity index (χ4n) is 2.72. The van der Waals surface area contributed by atoms with Crippen LogP contribution in [0.25, 0.3) is 0 Å². The van der Waals surface area contributed by atoms with Gasteiger partial charge in [-0.1, -0.05) is 42.5 Å². The second-order valence-corrected chi connectivity index (χ2v) is 10.7. The minimum atomic E-state index is -1.74. The molecule has 0 amide bonds. The first kappa shape index (κ1) is 14.2. The van der Waals surface area contributed by atoms with Gasteiger partial charge in [-0.05, 0) is 49.7 Å². The fourth-order valence-corrected chi connectivity index (χ4v) is 5.80. The normalized spacial score (nSPS) is 17.8. The molecule has 0 aliphatic heterocycles. The molecule has 0 saturated heterocycles. The van der Waals surface area contributed by atoms with Gasteiger partial charge in [0.25, 0.3) is 0 Å². The lowest BCUT2D eigenvalue weighted by Gasteiger charge is -2.35. The van der Waals surface area contributed by atoms with Crippen LogP contribution in [0.5, 0.6) is 5.75 Å². The molecular formula is C14H20Cl2OSi. The van der Waals surface area contributed by atoms with Crippen molar-refractivity contribution < 1.29 is 4.43 Å². The first-order valence-electron chi connectivity index (χ1n) is 6.63. The van der Waals surface area contributed by atoms with Gasteiger partial charge in [0.1, 0.15) is 5.75 Å². The predicted octanol–water partition coefficient (Wildman–Crippen LogP) is 5.91. The zero-order chi connectivity index (χ0) is 13.2. The summed E-state index contributed by atoms with van der Waals surface area (Å²) in [5.41, 5.74) is 0.737. The lowest BCUT2D eigenvalue weighted by atomic mass is 10.0. The monoisotopic (exact) mass is 302 g/mol. The van der Waals surface area contributed by atoms with Crippen LogP contribution in [-0.2, 0) is 0 Å².